The molecule has 2 rings (SSSR count). The summed E-state index contributed by atoms with van der Waals surface area (Å²) in [6.07, 6.45) is 2.23. The standard InChI is InChI=1S/C21H29NO2/c1-4-5-14-23-21-8-6-7-19(16-21)22-13-15-24-20-11-9-18(10-12-20)17(2)3/h6-12,16-17,22H,4-5,13-15H2,1-3H3. The zero-order valence-electron chi connectivity index (χ0n) is 15.0. The van der Waals surface area contributed by atoms with Gasteiger partial charge in [-0.2, -0.15) is 0 Å². The molecule has 0 amide bonds. The average Bonchev–Trinajstić information content (AvgIpc) is 2.60. The molecular weight excluding hydrogens is 298 g/mol. The highest BCUT2D eigenvalue weighted by Crippen LogP contribution is 2.19. The van der Waals surface area contributed by atoms with Crippen LogP contribution in [0.15, 0.2) is 48.5 Å². The summed E-state index contributed by atoms with van der Waals surface area (Å²) in [5.41, 5.74) is 2.39. The van der Waals surface area contributed by atoms with Gasteiger partial charge in [0, 0.05) is 18.3 Å². The molecule has 0 spiro atoms. The Hall–Kier alpha value is -2.16. The third-order valence-corrected chi connectivity index (χ3v) is 3.85. The molecule has 0 heterocycles. The molecule has 0 atom stereocenters. The lowest BCUT2D eigenvalue weighted by Crippen LogP contribution is -2.11. The van der Waals surface area contributed by atoms with E-state index in [4.69, 9.17) is 9.47 Å². The molecule has 24 heavy (non-hydrogen) atoms. The summed E-state index contributed by atoms with van der Waals surface area (Å²) >= 11 is 0. The van der Waals surface area contributed by atoms with E-state index in [1.54, 1.807) is 0 Å². The highest BCUT2D eigenvalue weighted by molar-refractivity contribution is 5.48. The quantitative estimate of drug-likeness (QED) is 0.586. The van der Waals surface area contributed by atoms with Crippen molar-refractivity contribution in [1.82, 2.24) is 0 Å². The van der Waals surface area contributed by atoms with Crippen molar-refractivity contribution in [3.63, 3.8) is 0 Å². The minimum absolute atomic E-state index is 0.549. The van der Waals surface area contributed by atoms with Gasteiger partial charge in [0.15, 0.2) is 0 Å². The minimum atomic E-state index is 0.549. The Kier molecular flexibility index (Phi) is 7.47. The Labute approximate surface area is 146 Å². The lowest BCUT2D eigenvalue weighted by Gasteiger charge is -2.11. The molecule has 0 fully saturated rings. The minimum Gasteiger partial charge on any atom is -0.494 e. The molecule has 0 aromatic heterocycles. The third-order valence-electron chi connectivity index (χ3n) is 3.85. The van der Waals surface area contributed by atoms with Crippen molar-refractivity contribution >= 4 is 5.69 Å². The van der Waals surface area contributed by atoms with E-state index < -0.39 is 0 Å². The SMILES string of the molecule is CCCCOc1cccc(NCCOc2ccc(C(C)C)cc2)c1. The van der Waals surface area contributed by atoms with Crippen LogP contribution >= 0.6 is 0 Å². The number of hydrogen-bond acceptors (Lipinski definition) is 3. The molecular formula is C21H29NO2. The van der Waals surface area contributed by atoms with Gasteiger partial charge < -0.3 is 14.8 Å². The second-order valence-electron chi connectivity index (χ2n) is 6.23. The Morgan fingerprint density at radius 1 is 0.917 bits per heavy atom. The highest BCUT2D eigenvalue weighted by Gasteiger charge is 2.00. The zero-order chi connectivity index (χ0) is 17.2. The van der Waals surface area contributed by atoms with E-state index in [0.717, 1.165) is 43.2 Å². The molecule has 0 aliphatic heterocycles. The Bertz CT molecular complexity index is 593. The van der Waals surface area contributed by atoms with E-state index in [-0.39, 0.29) is 0 Å². The second kappa shape index (κ2) is 9.86. The summed E-state index contributed by atoms with van der Waals surface area (Å²) < 4.78 is 11.5. The summed E-state index contributed by atoms with van der Waals surface area (Å²) in [6.45, 7) is 8.71. The smallest absolute Gasteiger partial charge is 0.121 e. The number of hydrogen-bond donors (Lipinski definition) is 1. The van der Waals surface area contributed by atoms with Gasteiger partial charge in [0.2, 0.25) is 0 Å². The number of rotatable bonds is 10. The van der Waals surface area contributed by atoms with Gasteiger partial charge in [0.25, 0.3) is 0 Å². The number of unbranched alkanes of at least 4 members (excludes halogenated alkanes) is 1. The van der Waals surface area contributed by atoms with Crippen molar-refractivity contribution in [2.24, 2.45) is 0 Å². The predicted octanol–water partition coefficient (Wildman–Crippen LogP) is 5.48. The molecule has 0 saturated carbocycles. The van der Waals surface area contributed by atoms with Crippen molar-refractivity contribution in [3.8, 4) is 11.5 Å². The van der Waals surface area contributed by atoms with Gasteiger partial charge in [-0.3, -0.25) is 0 Å². The summed E-state index contributed by atoms with van der Waals surface area (Å²) in [5.74, 6) is 2.38. The van der Waals surface area contributed by atoms with Crippen molar-refractivity contribution in [2.45, 2.75) is 39.5 Å². The highest BCUT2D eigenvalue weighted by atomic mass is 16.5. The van der Waals surface area contributed by atoms with Crippen molar-refractivity contribution in [3.05, 3.63) is 54.1 Å². The van der Waals surface area contributed by atoms with Crippen LogP contribution in [0.5, 0.6) is 11.5 Å². The van der Waals surface area contributed by atoms with Crippen LogP contribution in [0, 0.1) is 0 Å². The molecule has 2 aromatic carbocycles. The fourth-order valence-electron chi connectivity index (χ4n) is 2.34. The van der Waals surface area contributed by atoms with Crippen molar-refractivity contribution < 1.29 is 9.47 Å². The van der Waals surface area contributed by atoms with Crippen LogP contribution in [-0.2, 0) is 0 Å². The molecule has 3 heteroatoms. The number of nitrogens with one attached hydrogen (secondary N) is 1. The van der Waals surface area contributed by atoms with E-state index in [1.165, 1.54) is 5.56 Å². The normalized spacial score (nSPS) is 10.7. The maximum atomic E-state index is 5.78. The van der Waals surface area contributed by atoms with Gasteiger partial charge in [-0.15, -0.1) is 0 Å². The Balaban J connectivity index is 1.72. The molecule has 1 N–H and O–H groups in total. The summed E-state index contributed by atoms with van der Waals surface area (Å²) in [4.78, 5) is 0. The van der Waals surface area contributed by atoms with Gasteiger partial charge in [0.1, 0.15) is 18.1 Å². The zero-order valence-corrected chi connectivity index (χ0v) is 15.0. The fraction of sp³-hybridized carbons (Fsp3) is 0.429. The first-order chi connectivity index (χ1) is 11.7. The molecule has 0 aliphatic rings. The van der Waals surface area contributed by atoms with Gasteiger partial charge in [0.05, 0.1) is 6.61 Å². The summed E-state index contributed by atoms with van der Waals surface area (Å²) in [6, 6.07) is 16.4. The fourth-order valence-corrected chi connectivity index (χ4v) is 2.34. The van der Waals surface area contributed by atoms with E-state index in [2.05, 4.69) is 38.2 Å². The van der Waals surface area contributed by atoms with Crippen LogP contribution in [0.4, 0.5) is 5.69 Å². The van der Waals surface area contributed by atoms with E-state index in [9.17, 15) is 0 Å². The van der Waals surface area contributed by atoms with E-state index >= 15 is 0 Å². The molecule has 0 saturated heterocycles. The first kappa shape index (κ1) is 18.2. The van der Waals surface area contributed by atoms with Gasteiger partial charge in [-0.05, 0) is 42.2 Å². The second-order valence-corrected chi connectivity index (χ2v) is 6.23. The van der Waals surface area contributed by atoms with Crippen LogP contribution in [0.2, 0.25) is 0 Å². The van der Waals surface area contributed by atoms with E-state index in [1.807, 2.05) is 36.4 Å². The number of anilines is 1. The lowest BCUT2D eigenvalue weighted by molar-refractivity contribution is 0.309. The van der Waals surface area contributed by atoms with Crippen LogP contribution in [-0.4, -0.2) is 19.8 Å². The largest absolute Gasteiger partial charge is 0.494 e. The first-order valence-electron chi connectivity index (χ1n) is 8.88. The van der Waals surface area contributed by atoms with Gasteiger partial charge >= 0.3 is 0 Å². The molecule has 130 valence electrons. The molecule has 0 bridgehead atoms. The predicted molar refractivity (Wildman–Crippen MR) is 101 cm³/mol. The molecule has 0 radical (unpaired) electrons. The van der Waals surface area contributed by atoms with Gasteiger partial charge in [-0.1, -0.05) is 45.4 Å². The van der Waals surface area contributed by atoms with Gasteiger partial charge in [-0.25, -0.2) is 0 Å². The van der Waals surface area contributed by atoms with Crippen LogP contribution in [0.25, 0.3) is 0 Å². The maximum Gasteiger partial charge on any atom is 0.121 e. The van der Waals surface area contributed by atoms with Crippen LogP contribution in [0.1, 0.15) is 45.1 Å². The number of benzene rings is 2. The van der Waals surface area contributed by atoms with Crippen LogP contribution in [0.3, 0.4) is 0 Å². The maximum absolute atomic E-state index is 5.78. The monoisotopic (exact) mass is 327 g/mol. The van der Waals surface area contributed by atoms with E-state index in [0.29, 0.717) is 12.5 Å². The van der Waals surface area contributed by atoms with Crippen LogP contribution < -0.4 is 14.8 Å². The van der Waals surface area contributed by atoms with Crippen molar-refractivity contribution in [1.29, 1.82) is 0 Å². The average molecular weight is 327 g/mol. The topological polar surface area (TPSA) is 30.5 Å². The summed E-state index contributed by atoms with van der Waals surface area (Å²) in [7, 11) is 0. The molecule has 0 aliphatic carbocycles. The molecule has 3 nitrogen and oxygen atoms in total. The van der Waals surface area contributed by atoms with Crippen molar-refractivity contribution in [2.75, 3.05) is 25.1 Å². The first-order valence-corrected chi connectivity index (χ1v) is 8.88. The Morgan fingerprint density at radius 3 is 2.38 bits per heavy atom. The molecule has 2 aromatic rings. The third kappa shape index (κ3) is 6.15. The molecule has 0 unspecified atom stereocenters. The number of ether oxygens (including phenoxy) is 2. The summed E-state index contributed by atoms with van der Waals surface area (Å²) in [5, 5.41) is 3.37. The lowest BCUT2D eigenvalue weighted by atomic mass is 10.0. The Morgan fingerprint density at radius 2 is 1.67 bits per heavy atom.